The van der Waals surface area contributed by atoms with Crippen LogP contribution in [0.5, 0.6) is 0 Å². The highest BCUT2D eigenvalue weighted by Gasteiger charge is 2.49. The molecule has 0 spiro atoms. The lowest BCUT2D eigenvalue weighted by Crippen LogP contribution is -2.30. The van der Waals surface area contributed by atoms with Crippen molar-refractivity contribution in [2.75, 3.05) is 0 Å². The summed E-state index contributed by atoms with van der Waals surface area (Å²) in [6.45, 7) is 12.1. The highest BCUT2D eigenvalue weighted by Crippen LogP contribution is 2.59. The molecule has 0 aliphatic heterocycles. The molecule has 1 aliphatic rings. The lowest BCUT2D eigenvalue weighted by atomic mass is 9.65. The Morgan fingerprint density at radius 1 is 0.929 bits per heavy atom. The largest absolute Gasteiger partial charge is 0.0654 e. The Morgan fingerprint density at radius 2 is 1.36 bits per heavy atom. The first kappa shape index (κ1) is 12.1. The lowest BCUT2D eigenvalue weighted by molar-refractivity contribution is 0.0998. The average Bonchev–Trinajstić information content (AvgIpc) is 2.41. The minimum Gasteiger partial charge on any atom is -0.0654 e. The summed E-state index contributed by atoms with van der Waals surface area (Å²) in [5.41, 5.74) is 1.23. The Kier molecular flexibility index (Phi) is 3.66. The molecule has 0 saturated heterocycles. The predicted octanol–water partition coefficient (Wildman–Crippen LogP) is 5.03. The maximum Gasteiger partial charge on any atom is -0.0272 e. The van der Waals surface area contributed by atoms with Crippen LogP contribution in [0.3, 0.4) is 0 Å². The second kappa shape index (κ2) is 4.24. The van der Waals surface area contributed by atoms with Gasteiger partial charge in [0.15, 0.2) is 0 Å². The first-order valence-electron chi connectivity index (χ1n) is 6.51. The number of hydrogen-bond acceptors (Lipinski definition) is 0. The monoisotopic (exact) mass is 196 g/mol. The molecular weight excluding hydrogens is 168 g/mol. The Bertz CT molecular complexity index is 166. The van der Waals surface area contributed by atoms with Gasteiger partial charge in [-0.1, -0.05) is 60.3 Å². The summed E-state index contributed by atoms with van der Waals surface area (Å²) in [4.78, 5) is 0. The average molecular weight is 196 g/mol. The van der Waals surface area contributed by atoms with Gasteiger partial charge in [-0.05, 0) is 29.6 Å². The molecule has 0 radical (unpaired) electrons. The highest BCUT2D eigenvalue weighted by atomic mass is 14.5. The molecule has 0 aromatic rings. The van der Waals surface area contributed by atoms with E-state index in [0.29, 0.717) is 10.8 Å². The minimum absolute atomic E-state index is 0.613. The van der Waals surface area contributed by atoms with Crippen LogP contribution >= 0.6 is 0 Å². The van der Waals surface area contributed by atoms with E-state index in [1.54, 1.807) is 0 Å². The van der Waals surface area contributed by atoms with Crippen molar-refractivity contribution in [3.63, 3.8) is 0 Å². The second-order valence-electron chi connectivity index (χ2n) is 5.89. The van der Waals surface area contributed by atoms with Crippen LogP contribution in [0.2, 0.25) is 0 Å². The summed E-state index contributed by atoms with van der Waals surface area (Å²) >= 11 is 0. The van der Waals surface area contributed by atoms with Crippen LogP contribution in [-0.4, -0.2) is 0 Å². The van der Waals surface area contributed by atoms with Crippen LogP contribution in [0, 0.1) is 16.7 Å². The molecule has 1 unspecified atom stereocenters. The fraction of sp³-hybridized carbons (Fsp3) is 1.00. The molecule has 0 aromatic carbocycles. The first-order valence-corrected chi connectivity index (χ1v) is 6.51. The van der Waals surface area contributed by atoms with Crippen LogP contribution in [0.15, 0.2) is 0 Å². The van der Waals surface area contributed by atoms with Crippen molar-refractivity contribution in [3.05, 3.63) is 0 Å². The zero-order valence-electron chi connectivity index (χ0n) is 10.8. The summed E-state index contributed by atoms with van der Waals surface area (Å²) < 4.78 is 0. The third-order valence-corrected chi connectivity index (χ3v) is 5.19. The van der Waals surface area contributed by atoms with Gasteiger partial charge in [-0.15, -0.1) is 0 Å². The minimum atomic E-state index is 0.613. The van der Waals surface area contributed by atoms with Crippen molar-refractivity contribution in [2.45, 2.75) is 73.1 Å². The quantitative estimate of drug-likeness (QED) is 0.591. The van der Waals surface area contributed by atoms with Gasteiger partial charge in [0.25, 0.3) is 0 Å². The molecule has 0 heterocycles. The molecule has 1 aliphatic carbocycles. The summed E-state index contributed by atoms with van der Waals surface area (Å²) in [6, 6.07) is 0. The molecule has 0 nitrogen and oxygen atoms in total. The van der Waals surface area contributed by atoms with Crippen LogP contribution in [0.1, 0.15) is 73.1 Å². The van der Waals surface area contributed by atoms with Gasteiger partial charge in [-0.3, -0.25) is 0 Å². The van der Waals surface area contributed by atoms with Gasteiger partial charge in [0.2, 0.25) is 0 Å². The van der Waals surface area contributed by atoms with Gasteiger partial charge in [-0.2, -0.15) is 0 Å². The number of rotatable bonds is 4. The Labute approximate surface area is 90.5 Å². The predicted molar refractivity (Wildman–Crippen MR) is 64.4 cm³/mol. The van der Waals surface area contributed by atoms with Crippen LogP contribution < -0.4 is 0 Å². The van der Waals surface area contributed by atoms with Gasteiger partial charge in [0, 0.05) is 0 Å². The fourth-order valence-corrected chi connectivity index (χ4v) is 3.59. The Hall–Kier alpha value is 0. The normalized spacial score (nSPS) is 43.1. The smallest absolute Gasteiger partial charge is 0.0272 e. The molecule has 84 valence electrons. The molecule has 1 rings (SSSR count). The van der Waals surface area contributed by atoms with E-state index in [4.69, 9.17) is 0 Å². The summed E-state index contributed by atoms with van der Waals surface area (Å²) in [7, 11) is 0. The van der Waals surface area contributed by atoms with Crippen molar-refractivity contribution in [1.82, 2.24) is 0 Å². The van der Waals surface area contributed by atoms with E-state index >= 15 is 0 Å². The number of hydrogen-bond donors (Lipinski definition) is 0. The maximum absolute atomic E-state index is 2.52. The van der Waals surface area contributed by atoms with Crippen LogP contribution in [0.4, 0.5) is 0 Å². The van der Waals surface area contributed by atoms with Gasteiger partial charge in [-0.25, -0.2) is 0 Å². The van der Waals surface area contributed by atoms with E-state index in [0.717, 1.165) is 5.92 Å². The molecule has 1 saturated carbocycles. The van der Waals surface area contributed by atoms with E-state index < -0.39 is 0 Å². The SMILES string of the molecule is CCCC1C[C@](C)(CC)[C@](C)(CC)C1. The molecule has 14 heavy (non-hydrogen) atoms. The molecule has 0 bridgehead atoms. The maximum atomic E-state index is 2.52. The molecular formula is C14H28. The lowest BCUT2D eigenvalue weighted by Gasteiger charge is -2.40. The molecule has 3 atom stereocenters. The Morgan fingerprint density at radius 3 is 1.64 bits per heavy atom. The van der Waals surface area contributed by atoms with Gasteiger partial charge < -0.3 is 0 Å². The zero-order valence-corrected chi connectivity index (χ0v) is 10.8. The van der Waals surface area contributed by atoms with Crippen LogP contribution in [0.25, 0.3) is 0 Å². The van der Waals surface area contributed by atoms with Gasteiger partial charge in [0.1, 0.15) is 0 Å². The van der Waals surface area contributed by atoms with Crippen molar-refractivity contribution in [2.24, 2.45) is 16.7 Å². The van der Waals surface area contributed by atoms with Crippen molar-refractivity contribution < 1.29 is 0 Å². The molecule has 0 amide bonds. The second-order valence-corrected chi connectivity index (χ2v) is 5.89. The summed E-state index contributed by atoms with van der Waals surface area (Å²) in [6.07, 6.45) is 8.48. The van der Waals surface area contributed by atoms with Crippen molar-refractivity contribution >= 4 is 0 Å². The van der Waals surface area contributed by atoms with E-state index in [9.17, 15) is 0 Å². The molecule has 0 aromatic heterocycles. The van der Waals surface area contributed by atoms with E-state index in [-0.39, 0.29) is 0 Å². The summed E-state index contributed by atoms with van der Waals surface area (Å²) in [5, 5.41) is 0. The topological polar surface area (TPSA) is 0 Å². The third kappa shape index (κ3) is 1.85. The van der Waals surface area contributed by atoms with E-state index in [1.165, 1.54) is 38.5 Å². The van der Waals surface area contributed by atoms with E-state index in [2.05, 4.69) is 34.6 Å². The van der Waals surface area contributed by atoms with E-state index in [1.807, 2.05) is 0 Å². The fourth-order valence-electron chi connectivity index (χ4n) is 3.59. The standard InChI is InChI=1S/C14H28/c1-6-9-12-10-13(4,7-2)14(5,8-3)11-12/h12H,6-11H2,1-5H3/t12?,13-,14+. The molecule has 0 heteroatoms. The van der Waals surface area contributed by atoms with Crippen molar-refractivity contribution in [3.8, 4) is 0 Å². The summed E-state index contributed by atoms with van der Waals surface area (Å²) in [5.74, 6) is 1.01. The zero-order chi connectivity index (χ0) is 10.8. The highest BCUT2D eigenvalue weighted by molar-refractivity contribution is 4.99. The Balaban J connectivity index is 2.75. The van der Waals surface area contributed by atoms with Gasteiger partial charge in [0.05, 0.1) is 0 Å². The third-order valence-electron chi connectivity index (χ3n) is 5.19. The first-order chi connectivity index (χ1) is 6.51. The van der Waals surface area contributed by atoms with Gasteiger partial charge >= 0.3 is 0 Å². The molecule has 0 N–H and O–H groups in total. The molecule has 1 fully saturated rings. The van der Waals surface area contributed by atoms with Crippen LogP contribution in [-0.2, 0) is 0 Å². The van der Waals surface area contributed by atoms with Crippen molar-refractivity contribution in [1.29, 1.82) is 0 Å².